The normalized spacial score (nSPS) is 11.1. The maximum absolute atomic E-state index is 9.06. The zero-order chi connectivity index (χ0) is 13.9. The summed E-state index contributed by atoms with van der Waals surface area (Å²) < 4.78 is 0. The number of hydrogen-bond donors (Lipinski definition) is 2. The summed E-state index contributed by atoms with van der Waals surface area (Å²) in [7, 11) is 0. The number of aliphatic hydroxyl groups excluding tert-OH is 1. The van der Waals surface area contributed by atoms with Crippen molar-refractivity contribution in [3.05, 3.63) is 41.5 Å². The van der Waals surface area contributed by atoms with Gasteiger partial charge in [-0.2, -0.15) is 5.10 Å². The summed E-state index contributed by atoms with van der Waals surface area (Å²) in [6.45, 7) is 1.76. The predicted molar refractivity (Wildman–Crippen MR) is 71.8 cm³/mol. The Morgan fingerprint density at radius 1 is 1.05 bits per heavy atom. The molecule has 3 aromatic heterocycles. The highest BCUT2D eigenvalue weighted by atomic mass is 16.3. The molecule has 3 rings (SSSR count). The van der Waals surface area contributed by atoms with Gasteiger partial charge in [-0.3, -0.25) is 15.1 Å². The first-order valence-corrected chi connectivity index (χ1v) is 6.33. The summed E-state index contributed by atoms with van der Waals surface area (Å²) in [6, 6.07) is 0. The van der Waals surface area contributed by atoms with E-state index in [-0.39, 0.29) is 6.61 Å². The molecule has 3 aromatic rings. The molecule has 0 radical (unpaired) electrons. The first kappa shape index (κ1) is 12.6. The molecule has 0 atom stereocenters. The average molecular weight is 270 g/mol. The molecule has 2 N–H and O–H groups in total. The summed E-state index contributed by atoms with van der Waals surface area (Å²) in [6.07, 6.45) is 6.44. The van der Waals surface area contributed by atoms with Crippen molar-refractivity contribution in [2.45, 2.75) is 26.4 Å². The fourth-order valence-electron chi connectivity index (χ4n) is 2.10. The Hall–Kier alpha value is -2.41. The van der Waals surface area contributed by atoms with Gasteiger partial charge in [-0.1, -0.05) is 0 Å². The molecule has 0 bridgehead atoms. The molecule has 0 aliphatic rings. The van der Waals surface area contributed by atoms with E-state index in [1.54, 1.807) is 18.6 Å². The average Bonchev–Trinajstić information content (AvgIpc) is 2.93. The molecule has 0 amide bonds. The molecule has 0 fully saturated rings. The molecule has 0 spiro atoms. The van der Waals surface area contributed by atoms with Gasteiger partial charge in [0, 0.05) is 6.20 Å². The van der Waals surface area contributed by atoms with Gasteiger partial charge < -0.3 is 5.11 Å². The molecule has 20 heavy (non-hydrogen) atoms. The topological polar surface area (TPSA) is 100 Å². The quantitative estimate of drug-likeness (QED) is 0.724. The summed E-state index contributed by atoms with van der Waals surface area (Å²) in [4.78, 5) is 17.1. The zero-order valence-electron chi connectivity index (χ0n) is 11.0. The number of nitrogens with zero attached hydrogens (tertiary/aromatic N) is 5. The van der Waals surface area contributed by atoms with E-state index in [1.807, 2.05) is 6.92 Å². The molecular weight excluding hydrogens is 256 g/mol. The van der Waals surface area contributed by atoms with Crippen molar-refractivity contribution in [2.24, 2.45) is 0 Å². The number of aromatic nitrogens is 6. The maximum Gasteiger partial charge on any atom is 0.159 e. The third-order valence-electron chi connectivity index (χ3n) is 3.01. The zero-order valence-corrected chi connectivity index (χ0v) is 11.0. The second kappa shape index (κ2) is 5.30. The lowest BCUT2D eigenvalue weighted by Crippen LogP contribution is -2.02. The lowest BCUT2D eigenvalue weighted by Gasteiger charge is -2.04. The van der Waals surface area contributed by atoms with Gasteiger partial charge in [0.2, 0.25) is 0 Å². The van der Waals surface area contributed by atoms with Gasteiger partial charge in [0.15, 0.2) is 5.65 Å². The lowest BCUT2D eigenvalue weighted by molar-refractivity contribution is 0.276. The van der Waals surface area contributed by atoms with E-state index in [0.717, 1.165) is 28.8 Å². The number of aliphatic hydroxyl groups is 1. The fraction of sp³-hybridized carbons (Fsp3) is 0.308. The summed E-state index contributed by atoms with van der Waals surface area (Å²) in [5.41, 5.74) is 3.11. The number of aryl methyl sites for hydroxylation is 3. The van der Waals surface area contributed by atoms with Crippen molar-refractivity contribution < 1.29 is 5.11 Å². The van der Waals surface area contributed by atoms with E-state index >= 15 is 0 Å². The Kier molecular flexibility index (Phi) is 3.34. The van der Waals surface area contributed by atoms with Crippen molar-refractivity contribution in [1.82, 2.24) is 30.1 Å². The van der Waals surface area contributed by atoms with Crippen LogP contribution >= 0.6 is 0 Å². The number of H-pyrrole nitrogens is 1. The molecule has 7 nitrogen and oxygen atoms in total. The van der Waals surface area contributed by atoms with Crippen LogP contribution in [0.5, 0.6) is 0 Å². The number of hydrogen-bond acceptors (Lipinski definition) is 6. The highest BCUT2D eigenvalue weighted by molar-refractivity contribution is 5.76. The monoisotopic (exact) mass is 270 g/mol. The molecule has 102 valence electrons. The molecule has 0 saturated carbocycles. The van der Waals surface area contributed by atoms with Crippen LogP contribution in [0, 0.1) is 6.92 Å². The van der Waals surface area contributed by atoms with E-state index < -0.39 is 0 Å². The van der Waals surface area contributed by atoms with E-state index in [1.165, 1.54) is 0 Å². The molecule has 0 saturated heterocycles. The Bertz CT molecular complexity index is 739. The van der Waals surface area contributed by atoms with Crippen LogP contribution in [0.4, 0.5) is 0 Å². The van der Waals surface area contributed by atoms with Crippen LogP contribution in [-0.2, 0) is 19.4 Å². The van der Waals surface area contributed by atoms with Crippen LogP contribution in [-0.4, -0.2) is 35.2 Å². The molecule has 0 unspecified atom stereocenters. The standard InChI is InChI=1S/C13H14N6O/c1-8-16-12(11-6-15-19-13(11)17-8)3-2-9-4-14-5-10(7-20)18-9/h4-6,20H,2-3,7H2,1H3,(H,15,16,17,19). The van der Waals surface area contributed by atoms with E-state index in [9.17, 15) is 0 Å². The maximum atomic E-state index is 9.06. The van der Waals surface area contributed by atoms with Gasteiger partial charge in [-0.25, -0.2) is 9.97 Å². The van der Waals surface area contributed by atoms with Gasteiger partial charge in [-0.15, -0.1) is 0 Å². The number of fused-ring (bicyclic) bond motifs is 1. The first-order chi connectivity index (χ1) is 9.76. The van der Waals surface area contributed by atoms with Crippen molar-refractivity contribution in [3.8, 4) is 0 Å². The molecule has 0 aliphatic carbocycles. The number of aromatic amines is 1. The van der Waals surface area contributed by atoms with Crippen molar-refractivity contribution in [1.29, 1.82) is 0 Å². The van der Waals surface area contributed by atoms with Gasteiger partial charge in [0.05, 0.1) is 41.5 Å². The van der Waals surface area contributed by atoms with Gasteiger partial charge in [0.25, 0.3) is 0 Å². The van der Waals surface area contributed by atoms with Gasteiger partial charge in [0.1, 0.15) is 5.82 Å². The second-order valence-corrected chi connectivity index (χ2v) is 4.51. The fourth-order valence-corrected chi connectivity index (χ4v) is 2.10. The molecule has 7 heteroatoms. The van der Waals surface area contributed by atoms with Crippen LogP contribution in [0.15, 0.2) is 18.6 Å². The summed E-state index contributed by atoms with van der Waals surface area (Å²) >= 11 is 0. The molecular formula is C13H14N6O. The largest absolute Gasteiger partial charge is 0.390 e. The van der Waals surface area contributed by atoms with Crippen LogP contribution < -0.4 is 0 Å². The minimum atomic E-state index is -0.0978. The van der Waals surface area contributed by atoms with Crippen LogP contribution in [0.2, 0.25) is 0 Å². The Morgan fingerprint density at radius 2 is 1.90 bits per heavy atom. The van der Waals surface area contributed by atoms with E-state index in [0.29, 0.717) is 17.9 Å². The van der Waals surface area contributed by atoms with Crippen molar-refractivity contribution in [3.63, 3.8) is 0 Å². The van der Waals surface area contributed by atoms with E-state index in [2.05, 4.69) is 30.1 Å². The smallest absolute Gasteiger partial charge is 0.159 e. The second-order valence-electron chi connectivity index (χ2n) is 4.51. The van der Waals surface area contributed by atoms with Crippen molar-refractivity contribution in [2.75, 3.05) is 0 Å². The molecule has 0 aromatic carbocycles. The third-order valence-corrected chi connectivity index (χ3v) is 3.01. The van der Waals surface area contributed by atoms with Crippen LogP contribution in [0.3, 0.4) is 0 Å². The summed E-state index contributed by atoms with van der Waals surface area (Å²) in [5.74, 6) is 0.715. The molecule has 0 aliphatic heterocycles. The van der Waals surface area contributed by atoms with Gasteiger partial charge >= 0.3 is 0 Å². The highest BCUT2D eigenvalue weighted by Crippen LogP contribution is 2.14. The lowest BCUT2D eigenvalue weighted by atomic mass is 10.1. The minimum absolute atomic E-state index is 0.0978. The van der Waals surface area contributed by atoms with Crippen molar-refractivity contribution >= 4 is 11.0 Å². The Labute approximate surface area is 115 Å². The Balaban J connectivity index is 1.84. The predicted octanol–water partition coefficient (Wildman–Crippen LogP) is 0.729. The SMILES string of the molecule is Cc1nc(CCc2cncc(CO)n2)c2cn[nH]c2n1. The first-order valence-electron chi connectivity index (χ1n) is 6.33. The number of rotatable bonds is 4. The third kappa shape index (κ3) is 2.48. The number of nitrogens with one attached hydrogen (secondary N) is 1. The van der Waals surface area contributed by atoms with Gasteiger partial charge in [-0.05, 0) is 19.8 Å². The Morgan fingerprint density at radius 3 is 2.75 bits per heavy atom. The van der Waals surface area contributed by atoms with Crippen LogP contribution in [0.1, 0.15) is 22.9 Å². The molecule has 3 heterocycles. The highest BCUT2D eigenvalue weighted by Gasteiger charge is 2.08. The minimum Gasteiger partial charge on any atom is -0.390 e. The van der Waals surface area contributed by atoms with E-state index in [4.69, 9.17) is 5.11 Å². The summed E-state index contributed by atoms with van der Waals surface area (Å²) in [5, 5.41) is 16.8. The van der Waals surface area contributed by atoms with Crippen LogP contribution in [0.25, 0.3) is 11.0 Å².